The molecule has 0 unspecified atom stereocenters. The quantitative estimate of drug-likeness (QED) is 0.605. The molecule has 3 aromatic rings. The molecule has 0 N–H and O–H groups in total. The molecular weight excluding hydrogens is 384 g/mol. The van der Waals surface area contributed by atoms with E-state index in [0.717, 1.165) is 33.2 Å². The van der Waals surface area contributed by atoms with Gasteiger partial charge >= 0.3 is 0 Å². The minimum atomic E-state index is -3.46. The lowest BCUT2D eigenvalue weighted by Crippen LogP contribution is -2.26. The third-order valence-electron chi connectivity index (χ3n) is 5.87. The second-order valence-corrected chi connectivity index (χ2v) is 9.97. The molecule has 2 heterocycles. The molecule has 0 atom stereocenters. The SMILES string of the molecule is CCN1Cc2cc(OCC3CC3)c(-c3c[n+](C)cc4ccccc34)cc2S1(=O)=O. The minimum absolute atomic E-state index is 0.406. The van der Waals surface area contributed by atoms with Crippen molar-refractivity contribution < 1.29 is 17.7 Å². The Morgan fingerprint density at radius 1 is 1.14 bits per heavy atom. The lowest BCUT2D eigenvalue weighted by atomic mass is 9.98. The van der Waals surface area contributed by atoms with Gasteiger partial charge in [0.05, 0.1) is 17.1 Å². The zero-order valence-corrected chi connectivity index (χ0v) is 17.6. The van der Waals surface area contributed by atoms with Gasteiger partial charge in [0.1, 0.15) is 12.8 Å². The van der Waals surface area contributed by atoms with Crippen molar-refractivity contribution in [3.8, 4) is 16.9 Å². The number of pyridine rings is 1. The largest absolute Gasteiger partial charge is 0.493 e. The van der Waals surface area contributed by atoms with Crippen molar-refractivity contribution in [2.24, 2.45) is 13.0 Å². The van der Waals surface area contributed by atoms with Crippen molar-refractivity contribution in [1.82, 2.24) is 4.31 Å². The number of ether oxygens (including phenoxy) is 1. The number of nitrogens with zero attached hydrogens (tertiary/aromatic N) is 2. The number of sulfonamides is 1. The summed E-state index contributed by atoms with van der Waals surface area (Å²) in [5.74, 6) is 1.40. The van der Waals surface area contributed by atoms with E-state index in [9.17, 15) is 8.42 Å². The third-order valence-corrected chi connectivity index (χ3v) is 7.87. The monoisotopic (exact) mass is 409 g/mol. The van der Waals surface area contributed by atoms with Crippen molar-refractivity contribution in [2.75, 3.05) is 13.2 Å². The van der Waals surface area contributed by atoms with Crippen LogP contribution in [0.2, 0.25) is 0 Å². The lowest BCUT2D eigenvalue weighted by Gasteiger charge is -2.14. The van der Waals surface area contributed by atoms with Crippen LogP contribution in [-0.2, 0) is 23.6 Å². The van der Waals surface area contributed by atoms with Gasteiger partial charge in [-0.3, -0.25) is 0 Å². The number of hydrogen-bond donors (Lipinski definition) is 0. The van der Waals surface area contributed by atoms with E-state index >= 15 is 0 Å². The molecular formula is C23H25N2O3S+. The highest BCUT2D eigenvalue weighted by molar-refractivity contribution is 7.89. The number of aromatic nitrogens is 1. The van der Waals surface area contributed by atoms with Gasteiger partial charge in [-0.2, -0.15) is 4.31 Å². The van der Waals surface area contributed by atoms with Gasteiger partial charge in [-0.15, -0.1) is 0 Å². The number of rotatable bonds is 5. The average Bonchev–Trinajstić information content (AvgIpc) is 3.50. The van der Waals surface area contributed by atoms with E-state index in [2.05, 4.69) is 18.3 Å². The Morgan fingerprint density at radius 3 is 2.69 bits per heavy atom. The molecule has 0 spiro atoms. The summed E-state index contributed by atoms with van der Waals surface area (Å²) in [6, 6.07) is 12.0. The Hall–Kier alpha value is -2.44. The summed E-state index contributed by atoms with van der Waals surface area (Å²) < 4.78 is 35.8. The second kappa shape index (κ2) is 6.82. The summed E-state index contributed by atoms with van der Waals surface area (Å²) in [5, 5.41) is 2.20. The summed E-state index contributed by atoms with van der Waals surface area (Å²) in [7, 11) is -1.47. The molecule has 5 rings (SSSR count). The van der Waals surface area contributed by atoms with E-state index in [1.54, 1.807) is 0 Å². The molecule has 0 radical (unpaired) electrons. The van der Waals surface area contributed by atoms with Gasteiger partial charge in [-0.1, -0.05) is 25.1 Å². The van der Waals surface area contributed by atoms with Crippen LogP contribution in [0.5, 0.6) is 5.75 Å². The van der Waals surface area contributed by atoms with Crippen LogP contribution in [0.4, 0.5) is 0 Å². The highest BCUT2D eigenvalue weighted by Crippen LogP contribution is 2.42. The molecule has 0 bridgehead atoms. The van der Waals surface area contributed by atoms with Gasteiger partial charge in [-0.25, -0.2) is 13.0 Å². The summed E-state index contributed by atoms with van der Waals surface area (Å²) in [4.78, 5) is 0.406. The Labute approximate surface area is 171 Å². The summed E-state index contributed by atoms with van der Waals surface area (Å²) in [6.45, 7) is 3.44. The molecule has 1 fully saturated rings. The Bertz CT molecular complexity index is 1220. The van der Waals surface area contributed by atoms with Crippen LogP contribution in [-0.4, -0.2) is 25.9 Å². The average molecular weight is 410 g/mol. The fraction of sp³-hybridized carbons (Fsp3) is 0.348. The van der Waals surface area contributed by atoms with Crippen LogP contribution in [0, 0.1) is 5.92 Å². The molecule has 1 aliphatic heterocycles. The summed E-state index contributed by atoms with van der Waals surface area (Å²) >= 11 is 0. The first-order chi connectivity index (χ1) is 14.0. The van der Waals surface area contributed by atoms with Crippen molar-refractivity contribution in [1.29, 1.82) is 0 Å². The molecule has 1 saturated carbocycles. The van der Waals surface area contributed by atoms with Gasteiger partial charge < -0.3 is 4.74 Å². The molecule has 29 heavy (non-hydrogen) atoms. The van der Waals surface area contributed by atoms with Gasteiger partial charge in [0.15, 0.2) is 12.4 Å². The maximum absolute atomic E-state index is 13.0. The van der Waals surface area contributed by atoms with E-state index in [4.69, 9.17) is 4.74 Å². The minimum Gasteiger partial charge on any atom is -0.493 e. The van der Waals surface area contributed by atoms with Crippen LogP contribution in [0.3, 0.4) is 0 Å². The molecule has 0 amide bonds. The standard InChI is InChI=1S/C23H25N2O3S/c1-3-25-13-18-10-22(28-15-16-8-9-16)20(11-23(18)29(25,26)27)21-14-24(2)12-17-6-4-5-7-19(17)21/h4-7,10-12,14,16H,3,8-9,13,15H2,1-2H3/q+1. The zero-order valence-electron chi connectivity index (χ0n) is 16.8. The summed E-state index contributed by atoms with van der Waals surface area (Å²) in [5.41, 5.74) is 2.66. The van der Waals surface area contributed by atoms with E-state index in [0.29, 0.717) is 30.5 Å². The van der Waals surface area contributed by atoms with Crippen LogP contribution in [0.25, 0.3) is 21.9 Å². The molecule has 6 heteroatoms. The third kappa shape index (κ3) is 3.20. The number of hydrogen-bond acceptors (Lipinski definition) is 3. The van der Waals surface area contributed by atoms with Crippen molar-refractivity contribution >= 4 is 20.8 Å². The number of fused-ring (bicyclic) bond motifs is 2. The first kappa shape index (κ1) is 18.6. The molecule has 2 aliphatic rings. The fourth-order valence-electron chi connectivity index (χ4n) is 4.08. The Morgan fingerprint density at radius 2 is 1.93 bits per heavy atom. The van der Waals surface area contributed by atoms with Crippen molar-refractivity contribution in [2.45, 2.75) is 31.2 Å². The van der Waals surface area contributed by atoms with Gasteiger partial charge in [0.2, 0.25) is 10.0 Å². The number of aryl methyl sites for hydroxylation is 1. The predicted molar refractivity (Wildman–Crippen MR) is 112 cm³/mol. The van der Waals surface area contributed by atoms with Gasteiger partial charge in [0.25, 0.3) is 0 Å². The lowest BCUT2D eigenvalue weighted by molar-refractivity contribution is -0.669. The van der Waals surface area contributed by atoms with Crippen molar-refractivity contribution in [3.63, 3.8) is 0 Å². The van der Waals surface area contributed by atoms with E-state index in [1.165, 1.54) is 17.1 Å². The van der Waals surface area contributed by atoms with Crippen LogP contribution < -0.4 is 9.30 Å². The Balaban J connectivity index is 1.74. The van der Waals surface area contributed by atoms with Crippen molar-refractivity contribution in [3.05, 3.63) is 54.4 Å². The topological polar surface area (TPSA) is 50.5 Å². The molecule has 2 aromatic carbocycles. The highest BCUT2D eigenvalue weighted by Gasteiger charge is 2.35. The summed E-state index contributed by atoms with van der Waals surface area (Å²) in [6.07, 6.45) is 6.54. The normalized spacial score (nSPS) is 18.1. The maximum Gasteiger partial charge on any atom is 0.243 e. The maximum atomic E-state index is 13.0. The van der Waals surface area contributed by atoms with Crippen LogP contribution >= 0.6 is 0 Å². The predicted octanol–water partition coefficient (Wildman–Crippen LogP) is 3.64. The molecule has 5 nitrogen and oxygen atoms in total. The fourth-order valence-corrected chi connectivity index (χ4v) is 5.73. The molecule has 150 valence electrons. The van der Waals surface area contributed by atoms with Crippen LogP contribution in [0.1, 0.15) is 25.3 Å². The van der Waals surface area contributed by atoms with Gasteiger partial charge in [0, 0.05) is 29.4 Å². The first-order valence-corrected chi connectivity index (χ1v) is 11.6. The first-order valence-electron chi connectivity index (χ1n) is 10.2. The van der Waals surface area contributed by atoms with Crippen LogP contribution in [0.15, 0.2) is 53.7 Å². The molecule has 0 saturated heterocycles. The smallest absolute Gasteiger partial charge is 0.243 e. The number of benzene rings is 2. The Kier molecular flexibility index (Phi) is 4.37. The highest BCUT2D eigenvalue weighted by atomic mass is 32.2. The molecule has 1 aliphatic carbocycles. The van der Waals surface area contributed by atoms with E-state index in [1.807, 2.05) is 49.0 Å². The molecule has 1 aromatic heterocycles. The second-order valence-electron chi connectivity index (χ2n) is 8.07. The zero-order chi connectivity index (χ0) is 20.2. The van der Waals surface area contributed by atoms with E-state index < -0.39 is 10.0 Å². The van der Waals surface area contributed by atoms with E-state index in [-0.39, 0.29) is 0 Å². The van der Waals surface area contributed by atoms with Gasteiger partial charge in [-0.05, 0) is 42.5 Å².